The van der Waals surface area contributed by atoms with Gasteiger partial charge in [0.1, 0.15) is 0 Å². The van der Waals surface area contributed by atoms with Crippen molar-refractivity contribution in [2.24, 2.45) is 0 Å². The van der Waals surface area contributed by atoms with Crippen LogP contribution in [-0.2, 0) is 0 Å². The van der Waals surface area contributed by atoms with Crippen molar-refractivity contribution < 1.29 is 0 Å². The lowest BCUT2D eigenvalue weighted by molar-refractivity contribution is 0.747. The largest absolute Gasteiger partial charge is 0.333 e. The van der Waals surface area contributed by atoms with Crippen LogP contribution in [0.25, 0.3) is 59.6 Å². The van der Waals surface area contributed by atoms with Crippen LogP contribution in [0.2, 0.25) is 0 Å². The molecule has 2 aromatic heterocycles. The quantitative estimate of drug-likeness (QED) is 0.184. The second-order valence-electron chi connectivity index (χ2n) is 12.9. The second kappa shape index (κ2) is 11.8. The molecule has 2 aliphatic rings. The molecule has 4 heteroatoms. The molecule has 0 saturated carbocycles. The van der Waals surface area contributed by atoms with E-state index in [0.29, 0.717) is 0 Å². The summed E-state index contributed by atoms with van der Waals surface area (Å²) in [6.07, 6.45) is 7.23. The van der Waals surface area contributed by atoms with Gasteiger partial charge in [0.25, 0.3) is 0 Å². The van der Waals surface area contributed by atoms with Crippen molar-refractivity contribution in [1.29, 1.82) is 0 Å². The number of hydrogen-bond acceptors (Lipinski definition) is 4. The predicted octanol–water partition coefficient (Wildman–Crippen LogP) is 12.1. The number of fused-ring (bicyclic) bond motifs is 6. The summed E-state index contributed by atoms with van der Waals surface area (Å²) in [5, 5.41) is 2.67. The molecular weight excluding hydrogens is 627 g/mol. The molecule has 50 heavy (non-hydrogen) atoms. The van der Waals surface area contributed by atoms with Gasteiger partial charge in [0.05, 0.1) is 17.4 Å². The van der Waals surface area contributed by atoms with Crippen molar-refractivity contribution in [2.75, 3.05) is 4.90 Å². The number of anilines is 2. The SMILES string of the molecule is C1=CC2C(C=C1c1cccc3c1sc1ccccc13)c1ccccc1N2c1ccc(-c2nc(-c3ccccc3)cc(-c3ccccc3)n2)cc1. The number of benzene rings is 6. The van der Waals surface area contributed by atoms with Crippen LogP contribution in [-0.4, -0.2) is 16.0 Å². The number of thiophene rings is 1. The molecular formula is C46H31N3S. The molecule has 3 heterocycles. The minimum atomic E-state index is 0.186. The van der Waals surface area contributed by atoms with Crippen molar-refractivity contribution in [3.8, 4) is 33.9 Å². The lowest BCUT2D eigenvalue weighted by Crippen LogP contribution is -2.28. The Labute approximate surface area is 295 Å². The normalized spacial score (nSPS) is 16.4. The first-order valence-corrected chi connectivity index (χ1v) is 17.9. The Bertz CT molecular complexity index is 2540. The minimum Gasteiger partial charge on any atom is -0.333 e. The van der Waals surface area contributed by atoms with Gasteiger partial charge < -0.3 is 4.90 Å². The van der Waals surface area contributed by atoms with Crippen LogP contribution in [0.5, 0.6) is 0 Å². The zero-order chi connectivity index (χ0) is 33.0. The first kappa shape index (κ1) is 28.9. The predicted molar refractivity (Wildman–Crippen MR) is 210 cm³/mol. The molecule has 0 bridgehead atoms. The standard InChI is InChI=1S/C46H31N3S/c1-3-12-30(13-4-1)40-29-41(31-14-5-2-6-15-31)48-46(47-40)32-22-25-34(26-23-32)49-42-20-9-7-16-36(42)39-28-33(24-27-43(39)49)35-18-11-19-38-37-17-8-10-21-44(37)50-45(35)38/h1-29,39,43H. The Morgan fingerprint density at radius 3 is 1.98 bits per heavy atom. The van der Waals surface area contributed by atoms with E-state index >= 15 is 0 Å². The van der Waals surface area contributed by atoms with Crippen LogP contribution in [0.15, 0.2) is 176 Å². The fraction of sp³-hybridized carbons (Fsp3) is 0.0435. The van der Waals surface area contributed by atoms with Gasteiger partial charge in [-0.3, -0.25) is 0 Å². The molecule has 0 radical (unpaired) electrons. The van der Waals surface area contributed by atoms with Gasteiger partial charge in [-0.25, -0.2) is 9.97 Å². The van der Waals surface area contributed by atoms with E-state index in [1.807, 2.05) is 23.5 Å². The Balaban J connectivity index is 1.02. The third-order valence-electron chi connectivity index (χ3n) is 10.0. The number of rotatable bonds is 5. The fourth-order valence-electron chi connectivity index (χ4n) is 7.67. The minimum absolute atomic E-state index is 0.186. The zero-order valence-electron chi connectivity index (χ0n) is 27.1. The maximum atomic E-state index is 5.06. The number of nitrogens with zero attached hydrogens (tertiary/aromatic N) is 3. The van der Waals surface area contributed by atoms with Gasteiger partial charge in [-0.05, 0) is 59.2 Å². The van der Waals surface area contributed by atoms with E-state index in [2.05, 4.69) is 169 Å². The van der Waals surface area contributed by atoms with E-state index in [1.165, 1.54) is 42.6 Å². The highest BCUT2D eigenvalue weighted by atomic mass is 32.1. The number of hydrogen-bond donors (Lipinski definition) is 0. The maximum Gasteiger partial charge on any atom is 0.160 e. The molecule has 10 rings (SSSR count). The van der Waals surface area contributed by atoms with Crippen LogP contribution >= 0.6 is 11.3 Å². The van der Waals surface area contributed by atoms with Gasteiger partial charge in [-0.2, -0.15) is 0 Å². The Hall–Kier alpha value is -6.10. The summed E-state index contributed by atoms with van der Waals surface area (Å²) >= 11 is 1.89. The van der Waals surface area contributed by atoms with Gasteiger partial charge >= 0.3 is 0 Å². The molecule has 0 amide bonds. The van der Waals surface area contributed by atoms with Crippen LogP contribution in [0.1, 0.15) is 17.0 Å². The highest BCUT2D eigenvalue weighted by molar-refractivity contribution is 7.26. The molecule has 3 nitrogen and oxygen atoms in total. The highest BCUT2D eigenvalue weighted by Crippen LogP contribution is 2.50. The topological polar surface area (TPSA) is 29.0 Å². The van der Waals surface area contributed by atoms with E-state index in [-0.39, 0.29) is 12.0 Å². The van der Waals surface area contributed by atoms with Gasteiger partial charge in [0.2, 0.25) is 0 Å². The molecule has 1 aliphatic carbocycles. The highest BCUT2D eigenvalue weighted by Gasteiger charge is 2.38. The number of allylic oxidation sites excluding steroid dienone is 2. The monoisotopic (exact) mass is 657 g/mol. The summed E-state index contributed by atoms with van der Waals surface area (Å²) in [4.78, 5) is 12.6. The summed E-state index contributed by atoms with van der Waals surface area (Å²) in [5.41, 5.74) is 11.3. The molecule has 6 aromatic carbocycles. The van der Waals surface area contributed by atoms with E-state index < -0.39 is 0 Å². The number of aromatic nitrogens is 2. The third-order valence-corrected chi connectivity index (χ3v) is 11.3. The zero-order valence-corrected chi connectivity index (χ0v) is 28.0. The first-order valence-electron chi connectivity index (χ1n) is 17.1. The van der Waals surface area contributed by atoms with Gasteiger partial charge in [-0.1, -0.05) is 133 Å². The average molecular weight is 658 g/mol. The van der Waals surface area contributed by atoms with Gasteiger partial charge in [-0.15, -0.1) is 11.3 Å². The van der Waals surface area contributed by atoms with Crippen molar-refractivity contribution in [2.45, 2.75) is 12.0 Å². The van der Waals surface area contributed by atoms with E-state index in [9.17, 15) is 0 Å². The molecule has 236 valence electrons. The molecule has 1 aliphatic heterocycles. The maximum absolute atomic E-state index is 5.06. The molecule has 0 N–H and O–H groups in total. The summed E-state index contributed by atoms with van der Waals surface area (Å²) in [6, 6.07) is 56.1. The van der Waals surface area contributed by atoms with E-state index in [0.717, 1.165) is 39.6 Å². The first-order chi connectivity index (χ1) is 24.8. The average Bonchev–Trinajstić information content (AvgIpc) is 3.74. The smallest absolute Gasteiger partial charge is 0.160 e. The second-order valence-corrected chi connectivity index (χ2v) is 14.0. The Kier molecular flexibility index (Phi) is 6.81. The molecule has 2 unspecified atom stereocenters. The fourth-order valence-corrected chi connectivity index (χ4v) is 8.90. The van der Waals surface area contributed by atoms with Crippen molar-refractivity contribution in [3.05, 3.63) is 187 Å². The van der Waals surface area contributed by atoms with Crippen molar-refractivity contribution >= 4 is 48.5 Å². The summed E-state index contributed by atoms with van der Waals surface area (Å²) in [5.74, 6) is 0.965. The number of para-hydroxylation sites is 1. The summed E-state index contributed by atoms with van der Waals surface area (Å²) < 4.78 is 2.69. The van der Waals surface area contributed by atoms with E-state index in [1.54, 1.807) is 0 Å². The van der Waals surface area contributed by atoms with Crippen LogP contribution in [0.3, 0.4) is 0 Å². The molecule has 0 spiro atoms. The third kappa shape index (κ3) is 4.80. The Morgan fingerprint density at radius 1 is 0.560 bits per heavy atom. The summed E-state index contributed by atoms with van der Waals surface area (Å²) in [7, 11) is 0. The Morgan fingerprint density at radius 2 is 1.22 bits per heavy atom. The van der Waals surface area contributed by atoms with Crippen LogP contribution in [0, 0.1) is 0 Å². The molecule has 2 atom stereocenters. The van der Waals surface area contributed by atoms with Crippen molar-refractivity contribution in [1.82, 2.24) is 9.97 Å². The van der Waals surface area contributed by atoms with Crippen LogP contribution in [0.4, 0.5) is 11.4 Å². The van der Waals surface area contributed by atoms with Gasteiger partial charge in [0.15, 0.2) is 5.82 Å². The molecule has 0 fully saturated rings. The lowest BCUT2D eigenvalue weighted by atomic mass is 9.86. The van der Waals surface area contributed by atoms with Crippen LogP contribution < -0.4 is 4.90 Å². The van der Waals surface area contributed by atoms with Gasteiger partial charge in [0, 0.05) is 54.2 Å². The van der Waals surface area contributed by atoms with Crippen molar-refractivity contribution in [3.63, 3.8) is 0 Å². The molecule has 0 saturated heterocycles. The van der Waals surface area contributed by atoms with E-state index in [4.69, 9.17) is 9.97 Å². The lowest BCUT2D eigenvalue weighted by Gasteiger charge is -2.30. The molecule has 8 aromatic rings. The summed E-state index contributed by atoms with van der Waals surface area (Å²) in [6.45, 7) is 0.